The van der Waals surface area contributed by atoms with Crippen molar-refractivity contribution in [3.63, 3.8) is 0 Å². The Labute approximate surface area is 158 Å². The van der Waals surface area contributed by atoms with Crippen LogP contribution < -0.4 is 14.8 Å². The standard InChI is InChI=1S/C21H22N2O4/c1-14-16(23-21(27-14)15-8-5-4-6-9-15)12-13-22-20(24)19-17(25-2)10-7-11-18(19)26-3/h4-11H,12-13H2,1-3H3,(H,22,24). The van der Waals surface area contributed by atoms with E-state index in [0.29, 0.717) is 35.9 Å². The number of hydrogen-bond donors (Lipinski definition) is 1. The number of carbonyl (C=O) groups is 1. The number of benzene rings is 2. The van der Waals surface area contributed by atoms with Crippen molar-refractivity contribution in [2.24, 2.45) is 0 Å². The molecule has 0 unspecified atom stereocenters. The number of rotatable bonds is 7. The van der Waals surface area contributed by atoms with Gasteiger partial charge in [0.15, 0.2) is 0 Å². The highest BCUT2D eigenvalue weighted by molar-refractivity contribution is 5.99. The zero-order valence-corrected chi connectivity index (χ0v) is 15.6. The molecule has 0 saturated carbocycles. The first kappa shape index (κ1) is 18.5. The topological polar surface area (TPSA) is 73.6 Å². The Kier molecular flexibility index (Phi) is 5.76. The first-order valence-corrected chi connectivity index (χ1v) is 8.65. The summed E-state index contributed by atoms with van der Waals surface area (Å²) in [7, 11) is 3.05. The summed E-state index contributed by atoms with van der Waals surface area (Å²) in [6.45, 7) is 2.29. The molecule has 0 aliphatic rings. The van der Waals surface area contributed by atoms with Crippen molar-refractivity contribution in [2.75, 3.05) is 20.8 Å². The predicted molar refractivity (Wildman–Crippen MR) is 102 cm³/mol. The maximum absolute atomic E-state index is 12.6. The minimum atomic E-state index is -0.256. The van der Waals surface area contributed by atoms with Crippen molar-refractivity contribution in [2.45, 2.75) is 13.3 Å². The molecular formula is C21H22N2O4. The molecule has 3 rings (SSSR count). The molecule has 1 amide bonds. The number of hydrogen-bond acceptors (Lipinski definition) is 5. The quantitative estimate of drug-likeness (QED) is 0.691. The lowest BCUT2D eigenvalue weighted by Gasteiger charge is -2.12. The highest BCUT2D eigenvalue weighted by Gasteiger charge is 2.18. The van der Waals surface area contributed by atoms with Crippen LogP contribution in [0.15, 0.2) is 52.9 Å². The van der Waals surface area contributed by atoms with Gasteiger partial charge in [0, 0.05) is 18.5 Å². The molecule has 0 spiro atoms. The molecule has 0 fully saturated rings. The van der Waals surface area contributed by atoms with Crippen LogP contribution in [0.4, 0.5) is 0 Å². The largest absolute Gasteiger partial charge is 0.496 e. The van der Waals surface area contributed by atoms with Crippen LogP contribution in [0.1, 0.15) is 21.8 Å². The fourth-order valence-corrected chi connectivity index (χ4v) is 2.82. The first-order valence-electron chi connectivity index (χ1n) is 8.65. The summed E-state index contributed by atoms with van der Waals surface area (Å²) < 4.78 is 16.3. The average molecular weight is 366 g/mol. The summed E-state index contributed by atoms with van der Waals surface area (Å²) >= 11 is 0. The number of aryl methyl sites for hydroxylation is 1. The molecule has 0 bridgehead atoms. The van der Waals surface area contributed by atoms with Gasteiger partial charge in [-0.3, -0.25) is 4.79 Å². The van der Waals surface area contributed by atoms with Crippen molar-refractivity contribution >= 4 is 5.91 Å². The summed E-state index contributed by atoms with van der Waals surface area (Å²) in [4.78, 5) is 17.1. The molecule has 6 nitrogen and oxygen atoms in total. The van der Waals surface area contributed by atoms with Crippen LogP contribution in [-0.2, 0) is 6.42 Å². The molecule has 0 aliphatic carbocycles. The molecule has 0 radical (unpaired) electrons. The number of ether oxygens (including phenoxy) is 2. The molecule has 1 N–H and O–H groups in total. The van der Waals surface area contributed by atoms with Gasteiger partial charge in [-0.25, -0.2) is 4.98 Å². The van der Waals surface area contributed by atoms with Crippen LogP contribution in [0, 0.1) is 6.92 Å². The van der Waals surface area contributed by atoms with Crippen molar-refractivity contribution in [1.29, 1.82) is 0 Å². The summed E-state index contributed by atoms with van der Waals surface area (Å²) in [5, 5.41) is 2.89. The van der Waals surface area contributed by atoms with E-state index >= 15 is 0 Å². The van der Waals surface area contributed by atoms with Crippen LogP contribution in [-0.4, -0.2) is 31.7 Å². The zero-order valence-electron chi connectivity index (χ0n) is 15.6. The lowest BCUT2D eigenvalue weighted by molar-refractivity contribution is 0.0947. The van der Waals surface area contributed by atoms with Gasteiger partial charge in [-0.1, -0.05) is 24.3 Å². The average Bonchev–Trinajstić information content (AvgIpc) is 3.08. The molecule has 3 aromatic rings. The lowest BCUT2D eigenvalue weighted by Crippen LogP contribution is -2.26. The molecule has 0 saturated heterocycles. The number of nitrogens with one attached hydrogen (secondary N) is 1. The van der Waals surface area contributed by atoms with Crippen molar-refractivity contribution in [3.8, 4) is 23.0 Å². The summed E-state index contributed by atoms with van der Waals surface area (Å²) in [6, 6.07) is 15.0. The van der Waals surface area contributed by atoms with Gasteiger partial charge in [-0.2, -0.15) is 0 Å². The highest BCUT2D eigenvalue weighted by atomic mass is 16.5. The van der Waals surface area contributed by atoms with Crippen molar-refractivity contribution < 1.29 is 18.7 Å². The summed E-state index contributed by atoms with van der Waals surface area (Å²) in [5.74, 6) is 2.01. The SMILES string of the molecule is COc1cccc(OC)c1C(=O)NCCc1nc(-c2ccccc2)oc1C. The minimum Gasteiger partial charge on any atom is -0.496 e. The Hall–Kier alpha value is -3.28. The van der Waals surface area contributed by atoms with E-state index in [9.17, 15) is 4.79 Å². The minimum absolute atomic E-state index is 0.256. The fourth-order valence-electron chi connectivity index (χ4n) is 2.82. The molecular weight excluding hydrogens is 344 g/mol. The van der Waals surface area contributed by atoms with E-state index in [-0.39, 0.29) is 5.91 Å². The van der Waals surface area contributed by atoms with Crippen LogP contribution in [0.3, 0.4) is 0 Å². The van der Waals surface area contributed by atoms with Crippen molar-refractivity contribution in [1.82, 2.24) is 10.3 Å². The predicted octanol–water partition coefficient (Wildman–Crippen LogP) is 3.64. The highest BCUT2D eigenvalue weighted by Crippen LogP contribution is 2.28. The van der Waals surface area contributed by atoms with Gasteiger partial charge >= 0.3 is 0 Å². The maximum Gasteiger partial charge on any atom is 0.258 e. The van der Waals surface area contributed by atoms with E-state index < -0.39 is 0 Å². The van der Waals surface area contributed by atoms with Gasteiger partial charge in [0.1, 0.15) is 22.8 Å². The van der Waals surface area contributed by atoms with Gasteiger partial charge < -0.3 is 19.2 Å². The van der Waals surface area contributed by atoms with Gasteiger partial charge in [-0.05, 0) is 31.2 Å². The van der Waals surface area contributed by atoms with E-state index in [1.165, 1.54) is 14.2 Å². The third-order valence-electron chi connectivity index (χ3n) is 4.22. The Morgan fingerprint density at radius 2 is 1.70 bits per heavy atom. The molecule has 1 heterocycles. The Balaban J connectivity index is 1.67. The number of nitrogens with zero attached hydrogens (tertiary/aromatic N) is 1. The van der Waals surface area contributed by atoms with E-state index in [2.05, 4.69) is 10.3 Å². The van der Waals surface area contributed by atoms with E-state index in [0.717, 1.165) is 17.0 Å². The number of carbonyl (C=O) groups excluding carboxylic acids is 1. The molecule has 1 aromatic heterocycles. The number of oxazole rings is 1. The van der Waals surface area contributed by atoms with Gasteiger partial charge in [0.2, 0.25) is 5.89 Å². The Bertz CT molecular complexity index is 897. The van der Waals surface area contributed by atoms with Crippen LogP contribution in [0.5, 0.6) is 11.5 Å². The summed E-state index contributed by atoms with van der Waals surface area (Å²) in [6.07, 6.45) is 0.561. The zero-order chi connectivity index (χ0) is 19.2. The second kappa shape index (κ2) is 8.40. The monoisotopic (exact) mass is 366 g/mol. The van der Waals surface area contributed by atoms with E-state index in [1.54, 1.807) is 18.2 Å². The molecule has 0 aliphatic heterocycles. The van der Waals surface area contributed by atoms with Crippen LogP contribution in [0.2, 0.25) is 0 Å². The number of aromatic nitrogens is 1. The van der Waals surface area contributed by atoms with Gasteiger partial charge in [-0.15, -0.1) is 0 Å². The molecule has 27 heavy (non-hydrogen) atoms. The third kappa shape index (κ3) is 4.11. The summed E-state index contributed by atoms with van der Waals surface area (Å²) in [5.41, 5.74) is 2.13. The third-order valence-corrected chi connectivity index (χ3v) is 4.22. The lowest BCUT2D eigenvalue weighted by atomic mass is 10.1. The maximum atomic E-state index is 12.6. The van der Waals surface area contributed by atoms with Crippen molar-refractivity contribution in [3.05, 3.63) is 65.5 Å². The van der Waals surface area contributed by atoms with Crippen LogP contribution >= 0.6 is 0 Å². The van der Waals surface area contributed by atoms with E-state index in [1.807, 2.05) is 37.3 Å². The second-order valence-corrected chi connectivity index (χ2v) is 5.93. The normalized spacial score (nSPS) is 10.5. The Morgan fingerprint density at radius 1 is 1.04 bits per heavy atom. The van der Waals surface area contributed by atoms with Crippen LogP contribution in [0.25, 0.3) is 11.5 Å². The second-order valence-electron chi connectivity index (χ2n) is 5.93. The Morgan fingerprint density at radius 3 is 2.33 bits per heavy atom. The molecule has 0 atom stereocenters. The molecule has 2 aromatic carbocycles. The number of amides is 1. The van der Waals surface area contributed by atoms with E-state index in [4.69, 9.17) is 13.9 Å². The molecule has 6 heteroatoms. The first-order chi connectivity index (χ1) is 13.1. The smallest absolute Gasteiger partial charge is 0.258 e. The van der Waals surface area contributed by atoms with Gasteiger partial charge in [0.05, 0.1) is 19.9 Å². The number of methoxy groups -OCH3 is 2. The van der Waals surface area contributed by atoms with Gasteiger partial charge in [0.25, 0.3) is 5.91 Å². The fraction of sp³-hybridized carbons (Fsp3) is 0.238. The molecule has 140 valence electrons.